The number of hydrogen-bond donors (Lipinski definition) is 1. The monoisotopic (exact) mass is 404 g/mol. The second-order valence-electron chi connectivity index (χ2n) is 7.98. The Labute approximate surface area is 174 Å². The van der Waals surface area contributed by atoms with Crippen molar-refractivity contribution in [2.75, 3.05) is 20.3 Å². The summed E-state index contributed by atoms with van der Waals surface area (Å²) >= 11 is 0. The highest BCUT2D eigenvalue weighted by atomic mass is 16.5. The molecular weight excluding hydrogens is 380 g/mol. The standard InChI is InChI=1S/C24H24N2O4/c1-29-24(28)16-6-7-20-18(12-16)19-14-26(10-8-21(19)25-20)23(27)13-15-9-11-30-22-5-3-2-4-17(15)22/h2-7,12,15,25H,8-11,13-14H2,1H3. The summed E-state index contributed by atoms with van der Waals surface area (Å²) in [4.78, 5) is 30.5. The van der Waals surface area contributed by atoms with E-state index in [2.05, 4.69) is 11.1 Å². The number of H-pyrrole nitrogens is 1. The summed E-state index contributed by atoms with van der Waals surface area (Å²) in [5, 5.41) is 0.988. The SMILES string of the molecule is COC(=O)c1ccc2[nH]c3c(c2c1)CN(C(=O)CC1CCOc2ccccc21)CC3. The molecule has 5 rings (SSSR count). The smallest absolute Gasteiger partial charge is 0.337 e. The molecule has 0 aliphatic carbocycles. The second-order valence-corrected chi connectivity index (χ2v) is 7.98. The van der Waals surface area contributed by atoms with Gasteiger partial charge in [0.2, 0.25) is 5.91 Å². The van der Waals surface area contributed by atoms with Crippen LogP contribution >= 0.6 is 0 Å². The first-order valence-corrected chi connectivity index (χ1v) is 10.4. The first-order valence-electron chi connectivity index (χ1n) is 10.4. The van der Waals surface area contributed by atoms with E-state index in [1.807, 2.05) is 35.2 Å². The van der Waals surface area contributed by atoms with Crippen molar-refractivity contribution >= 4 is 22.8 Å². The van der Waals surface area contributed by atoms with Crippen molar-refractivity contribution in [2.24, 2.45) is 0 Å². The third kappa shape index (κ3) is 3.22. The fraction of sp³-hybridized carbons (Fsp3) is 0.333. The van der Waals surface area contributed by atoms with Gasteiger partial charge in [-0.3, -0.25) is 4.79 Å². The highest BCUT2D eigenvalue weighted by Crippen LogP contribution is 2.36. The van der Waals surface area contributed by atoms with Gasteiger partial charge >= 0.3 is 5.97 Å². The van der Waals surface area contributed by atoms with Crippen LogP contribution in [0.15, 0.2) is 42.5 Å². The molecule has 0 bridgehead atoms. The summed E-state index contributed by atoms with van der Waals surface area (Å²) in [5.41, 5.74) is 4.88. The summed E-state index contributed by atoms with van der Waals surface area (Å²) < 4.78 is 10.6. The zero-order valence-corrected chi connectivity index (χ0v) is 16.9. The Morgan fingerprint density at radius 1 is 1.23 bits per heavy atom. The number of carbonyl (C=O) groups excluding carboxylic acids is 2. The molecule has 0 radical (unpaired) electrons. The molecule has 1 amide bonds. The lowest BCUT2D eigenvalue weighted by molar-refractivity contribution is -0.132. The molecule has 2 aliphatic heterocycles. The normalized spacial score (nSPS) is 17.8. The lowest BCUT2D eigenvalue weighted by Gasteiger charge is -2.31. The molecular formula is C24H24N2O4. The van der Waals surface area contributed by atoms with E-state index >= 15 is 0 Å². The fourth-order valence-electron chi connectivity index (χ4n) is 4.64. The Hall–Kier alpha value is -3.28. The van der Waals surface area contributed by atoms with Gasteiger partial charge in [0, 0.05) is 48.1 Å². The number of methoxy groups -OCH3 is 1. The molecule has 0 saturated heterocycles. The van der Waals surface area contributed by atoms with Crippen LogP contribution in [0.2, 0.25) is 0 Å². The van der Waals surface area contributed by atoms with Crippen molar-refractivity contribution in [1.29, 1.82) is 0 Å². The van der Waals surface area contributed by atoms with Crippen molar-refractivity contribution in [2.45, 2.75) is 31.7 Å². The van der Waals surface area contributed by atoms with E-state index in [1.165, 1.54) is 7.11 Å². The van der Waals surface area contributed by atoms with E-state index in [0.717, 1.165) is 46.3 Å². The van der Waals surface area contributed by atoms with Crippen LogP contribution in [0.5, 0.6) is 5.75 Å². The van der Waals surface area contributed by atoms with Gasteiger partial charge < -0.3 is 19.4 Å². The molecule has 0 spiro atoms. The summed E-state index contributed by atoms with van der Waals surface area (Å²) in [6.45, 7) is 1.91. The fourth-order valence-corrected chi connectivity index (χ4v) is 4.64. The Morgan fingerprint density at radius 3 is 2.97 bits per heavy atom. The Bertz CT molecular complexity index is 1130. The maximum absolute atomic E-state index is 13.2. The number of hydrogen-bond acceptors (Lipinski definition) is 4. The molecule has 1 aromatic heterocycles. The molecule has 2 aliphatic rings. The van der Waals surface area contributed by atoms with E-state index in [9.17, 15) is 9.59 Å². The number of aromatic amines is 1. The maximum Gasteiger partial charge on any atom is 0.337 e. The predicted octanol–water partition coefficient (Wildman–Crippen LogP) is 3.80. The molecule has 1 N–H and O–H groups in total. The van der Waals surface area contributed by atoms with Crippen LogP contribution in [-0.2, 0) is 22.5 Å². The quantitative estimate of drug-likeness (QED) is 0.674. The molecule has 6 heteroatoms. The van der Waals surface area contributed by atoms with Gasteiger partial charge in [-0.15, -0.1) is 0 Å². The van der Waals surface area contributed by atoms with Crippen LogP contribution in [-0.4, -0.2) is 42.0 Å². The number of fused-ring (bicyclic) bond motifs is 4. The van der Waals surface area contributed by atoms with Gasteiger partial charge in [-0.1, -0.05) is 18.2 Å². The van der Waals surface area contributed by atoms with E-state index in [-0.39, 0.29) is 17.8 Å². The van der Waals surface area contributed by atoms with Crippen LogP contribution in [0.3, 0.4) is 0 Å². The molecule has 6 nitrogen and oxygen atoms in total. The van der Waals surface area contributed by atoms with Crippen LogP contribution in [0, 0.1) is 0 Å². The van der Waals surface area contributed by atoms with E-state index < -0.39 is 0 Å². The minimum absolute atomic E-state index is 0.167. The molecule has 3 heterocycles. The van der Waals surface area contributed by atoms with Crippen molar-refractivity contribution in [1.82, 2.24) is 9.88 Å². The molecule has 30 heavy (non-hydrogen) atoms. The van der Waals surface area contributed by atoms with Crippen molar-refractivity contribution < 1.29 is 19.1 Å². The van der Waals surface area contributed by atoms with Gasteiger partial charge in [0.25, 0.3) is 0 Å². The molecule has 3 aromatic rings. The van der Waals surface area contributed by atoms with Gasteiger partial charge in [-0.2, -0.15) is 0 Å². The lowest BCUT2D eigenvalue weighted by Crippen LogP contribution is -2.36. The van der Waals surface area contributed by atoms with E-state index in [0.29, 0.717) is 31.7 Å². The predicted molar refractivity (Wildman–Crippen MR) is 113 cm³/mol. The average molecular weight is 404 g/mol. The van der Waals surface area contributed by atoms with Gasteiger partial charge in [-0.25, -0.2) is 4.79 Å². The molecule has 2 aromatic carbocycles. The zero-order chi connectivity index (χ0) is 20.7. The number of amides is 1. The number of esters is 1. The van der Waals surface area contributed by atoms with Crippen LogP contribution < -0.4 is 4.74 Å². The zero-order valence-electron chi connectivity index (χ0n) is 16.9. The Kier molecular flexibility index (Phi) is 4.69. The summed E-state index contributed by atoms with van der Waals surface area (Å²) in [6.07, 6.45) is 2.14. The van der Waals surface area contributed by atoms with E-state index in [4.69, 9.17) is 9.47 Å². The lowest BCUT2D eigenvalue weighted by atomic mass is 9.89. The van der Waals surface area contributed by atoms with Gasteiger partial charge in [0.15, 0.2) is 0 Å². The minimum Gasteiger partial charge on any atom is -0.493 e. The average Bonchev–Trinajstić information content (AvgIpc) is 3.16. The minimum atomic E-state index is -0.353. The molecule has 1 atom stereocenters. The van der Waals surface area contributed by atoms with Gasteiger partial charge in [0.1, 0.15) is 5.75 Å². The summed E-state index contributed by atoms with van der Waals surface area (Å²) in [5.74, 6) is 0.904. The first-order chi connectivity index (χ1) is 14.6. The maximum atomic E-state index is 13.2. The third-order valence-electron chi connectivity index (χ3n) is 6.25. The van der Waals surface area contributed by atoms with Crippen LogP contribution in [0.4, 0.5) is 0 Å². The number of nitrogens with zero attached hydrogens (tertiary/aromatic N) is 1. The van der Waals surface area contributed by atoms with Crippen molar-refractivity contribution in [3.8, 4) is 5.75 Å². The van der Waals surface area contributed by atoms with E-state index in [1.54, 1.807) is 6.07 Å². The molecule has 0 saturated carbocycles. The Balaban J connectivity index is 1.37. The third-order valence-corrected chi connectivity index (χ3v) is 6.25. The van der Waals surface area contributed by atoms with Crippen molar-refractivity contribution in [3.05, 3.63) is 64.8 Å². The number of nitrogens with one attached hydrogen (secondary N) is 1. The van der Waals surface area contributed by atoms with Gasteiger partial charge in [0.05, 0.1) is 19.3 Å². The molecule has 0 fully saturated rings. The number of aromatic nitrogens is 1. The number of para-hydroxylation sites is 1. The van der Waals surface area contributed by atoms with Gasteiger partial charge in [-0.05, 0) is 42.2 Å². The number of carbonyl (C=O) groups is 2. The Morgan fingerprint density at radius 2 is 2.10 bits per heavy atom. The topological polar surface area (TPSA) is 71.6 Å². The van der Waals surface area contributed by atoms with Crippen molar-refractivity contribution in [3.63, 3.8) is 0 Å². The highest BCUT2D eigenvalue weighted by Gasteiger charge is 2.29. The second kappa shape index (κ2) is 7.52. The summed E-state index contributed by atoms with van der Waals surface area (Å²) in [6, 6.07) is 13.5. The molecule has 154 valence electrons. The molecule has 1 unspecified atom stereocenters. The number of benzene rings is 2. The first kappa shape index (κ1) is 18.7. The highest BCUT2D eigenvalue weighted by molar-refractivity contribution is 5.96. The largest absolute Gasteiger partial charge is 0.493 e. The number of rotatable bonds is 3. The summed E-state index contributed by atoms with van der Waals surface area (Å²) in [7, 11) is 1.38. The number of ether oxygens (including phenoxy) is 2. The van der Waals surface area contributed by atoms with Crippen LogP contribution in [0.25, 0.3) is 10.9 Å². The van der Waals surface area contributed by atoms with Crippen LogP contribution in [0.1, 0.15) is 45.9 Å².